The molecule has 0 amide bonds. The molecule has 0 unspecified atom stereocenters. The molecule has 0 saturated heterocycles. The van der Waals surface area contributed by atoms with E-state index in [0.29, 0.717) is 51.4 Å². The van der Waals surface area contributed by atoms with Crippen molar-refractivity contribution in [3.8, 4) is 0 Å². The average molecular weight is 711 g/mol. The van der Waals surface area contributed by atoms with Gasteiger partial charge in [0.25, 0.3) is 0 Å². The Morgan fingerprint density at radius 1 is 0.370 bits per heavy atom. The van der Waals surface area contributed by atoms with Gasteiger partial charge in [-0.15, -0.1) is 0 Å². The third-order valence-electron chi connectivity index (χ3n) is 8.29. The van der Waals surface area contributed by atoms with Crippen molar-refractivity contribution in [1.29, 1.82) is 0 Å². The molecule has 0 heterocycles. The molecular formula is C30H38N4O8S4. The van der Waals surface area contributed by atoms with Gasteiger partial charge in [-0.2, -0.15) is 0 Å². The summed E-state index contributed by atoms with van der Waals surface area (Å²) in [6.45, 7) is 0. The van der Waals surface area contributed by atoms with Crippen molar-refractivity contribution in [2.45, 2.75) is 95.1 Å². The van der Waals surface area contributed by atoms with Gasteiger partial charge in [0.2, 0.25) is 40.1 Å². The minimum Gasteiger partial charge on any atom is -0.207 e. The number of sulfonamides is 4. The van der Waals surface area contributed by atoms with Crippen molar-refractivity contribution in [3.05, 3.63) is 84.9 Å². The Morgan fingerprint density at radius 2 is 0.630 bits per heavy atom. The zero-order chi connectivity index (χ0) is 33.0. The van der Waals surface area contributed by atoms with Crippen LogP contribution in [0.2, 0.25) is 0 Å². The predicted molar refractivity (Wildman–Crippen MR) is 173 cm³/mol. The van der Waals surface area contributed by atoms with Crippen LogP contribution in [-0.4, -0.2) is 57.8 Å². The Labute approximate surface area is 271 Å². The largest absolute Gasteiger partial charge is 0.240 e. The van der Waals surface area contributed by atoms with E-state index in [-0.39, 0.29) is 19.6 Å². The van der Waals surface area contributed by atoms with Gasteiger partial charge in [-0.3, -0.25) is 0 Å². The first-order valence-corrected chi connectivity index (χ1v) is 21.0. The minimum absolute atomic E-state index is 0.0701. The van der Waals surface area contributed by atoms with Gasteiger partial charge in [0.05, 0.1) is 19.6 Å². The molecule has 0 spiro atoms. The average Bonchev–Trinajstić information content (AvgIpc) is 3.03. The lowest BCUT2D eigenvalue weighted by atomic mass is 9.92. The van der Waals surface area contributed by atoms with Crippen molar-refractivity contribution in [3.63, 3.8) is 0 Å². The van der Waals surface area contributed by atoms with Gasteiger partial charge in [0.15, 0.2) is 0 Å². The maximum absolute atomic E-state index is 13.5. The van der Waals surface area contributed by atoms with E-state index in [4.69, 9.17) is 0 Å². The van der Waals surface area contributed by atoms with Crippen LogP contribution in [0.5, 0.6) is 0 Å². The Morgan fingerprint density at radius 3 is 0.935 bits per heavy atom. The van der Waals surface area contributed by atoms with Crippen molar-refractivity contribution < 1.29 is 33.7 Å². The summed E-state index contributed by atoms with van der Waals surface area (Å²) in [5.74, 6) is 0. The van der Waals surface area contributed by atoms with Crippen LogP contribution in [0.3, 0.4) is 0 Å². The molecular weight excluding hydrogens is 673 g/mol. The normalized spacial score (nSPS) is 23.1. The first kappa shape index (κ1) is 34.6. The summed E-state index contributed by atoms with van der Waals surface area (Å²) in [6, 6.07) is 17.6. The molecule has 16 heteroatoms. The summed E-state index contributed by atoms with van der Waals surface area (Å²) in [6.07, 6.45) is 4.43. The van der Waals surface area contributed by atoms with E-state index in [2.05, 4.69) is 18.9 Å². The highest BCUT2D eigenvalue weighted by molar-refractivity contribution is 7.90. The fourth-order valence-electron chi connectivity index (χ4n) is 5.90. The zero-order valence-corrected chi connectivity index (χ0v) is 28.2. The minimum atomic E-state index is -4.26. The number of benzene rings is 3. The highest BCUT2D eigenvalue weighted by Gasteiger charge is 2.35. The standard InChI is InChI=1S/C30H38N4O8S4/c35-43(36,23-12-3-1-4-13-23)31-27-18-7-9-20-29(27)33-45(39,40)25-16-11-17-26(22-25)46(41,42)34-30-21-10-8-19-28(30)32-44(37,38)24-14-5-2-6-15-24/h1-6,11-17,22,27-34H,7-10,18-21H2/t27-,28-,29-,30-/m1/s1. The molecule has 2 aliphatic rings. The maximum atomic E-state index is 13.5. The van der Waals surface area contributed by atoms with E-state index >= 15 is 0 Å². The van der Waals surface area contributed by atoms with Crippen molar-refractivity contribution >= 4 is 40.1 Å². The van der Waals surface area contributed by atoms with Crippen LogP contribution < -0.4 is 18.9 Å². The number of nitrogens with one attached hydrogen (secondary N) is 4. The molecule has 5 rings (SSSR count). The first-order chi connectivity index (χ1) is 21.8. The van der Waals surface area contributed by atoms with Crippen LogP contribution in [-0.2, 0) is 40.1 Å². The Hall–Kier alpha value is -2.70. The maximum Gasteiger partial charge on any atom is 0.240 e. The Balaban J connectivity index is 1.31. The number of hydrogen-bond acceptors (Lipinski definition) is 8. The molecule has 2 saturated carbocycles. The molecule has 0 bridgehead atoms. The van der Waals surface area contributed by atoms with Crippen molar-refractivity contribution in [2.75, 3.05) is 0 Å². The number of rotatable bonds is 12. The third kappa shape index (κ3) is 8.41. The highest BCUT2D eigenvalue weighted by Crippen LogP contribution is 2.26. The van der Waals surface area contributed by atoms with Crippen molar-refractivity contribution in [2.24, 2.45) is 0 Å². The fourth-order valence-corrected chi connectivity index (χ4v) is 11.4. The van der Waals surface area contributed by atoms with Crippen LogP contribution in [0.25, 0.3) is 0 Å². The van der Waals surface area contributed by atoms with Crippen LogP contribution in [0.4, 0.5) is 0 Å². The molecule has 46 heavy (non-hydrogen) atoms. The molecule has 3 aromatic carbocycles. The van der Waals surface area contributed by atoms with Gasteiger partial charge in [0, 0.05) is 24.2 Å². The van der Waals surface area contributed by atoms with Crippen LogP contribution >= 0.6 is 0 Å². The van der Waals surface area contributed by atoms with Crippen LogP contribution in [0.1, 0.15) is 51.4 Å². The van der Waals surface area contributed by atoms with E-state index in [1.54, 1.807) is 36.4 Å². The molecule has 12 nitrogen and oxygen atoms in total. The summed E-state index contributed by atoms with van der Waals surface area (Å²) in [5, 5.41) is 0. The lowest BCUT2D eigenvalue weighted by molar-refractivity contribution is 0.340. The fraction of sp³-hybridized carbons (Fsp3) is 0.400. The summed E-state index contributed by atoms with van der Waals surface area (Å²) < 4.78 is 116. The number of hydrogen-bond donors (Lipinski definition) is 4. The Kier molecular flexibility index (Phi) is 10.7. The second-order valence-corrected chi connectivity index (χ2v) is 18.4. The quantitative estimate of drug-likeness (QED) is 0.221. The molecule has 3 aromatic rings. The van der Waals surface area contributed by atoms with Gasteiger partial charge in [-0.1, -0.05) is 68.1 Å². The van der Waals surface area contributed by atoms with E-state index in [9.17, 15) is 33.7 Å². The van der Waals surface area contributed by atoms with Crippen LogP contribution in [0.15, 0.2) is 105 Å². The lowest BCUT2D eigenvalue weighted by Gasteiger charge is -2.32. The molecule has 0 aliphatic heterocycles. The lowest BCUT2D eigenvalue weighted by Crippen LogP contribution is -2.53. The summed E-state index contributed by atoms with van der Waals surface area (Å²) in [5.41, 5.74) is 0. The highest BCUT2D eigenvalue weighted by atomic mass is 32.2. The van der Waals surface area contributed by atoms with E-state index in [1.807, 2.05) is 0 Å². The predicted octanol–water partition coefficient (Wildman–Crippen LogP) is 2.82. The zero-order valence-electron chi connectivity index (χ0n) is 24.9. The monoisotopic (exact) mass is 710 g/mol. The topological polar surface area (TPSA) is 185 Å². The molecule has 2 aliphatic carbocycles. The molecule has 4 atom stereocenters. The molecule has 0 radical (unpaired) electrons. The third-order valence-corrected chi connectivity index (χ3v) is 14.3. The summed E-state index contributed by atoms with van der Waals surface area (Å²) in [7, 11) is -16.3. The first-order valence-electron chi connectivity index (χ1n) is 15.1. The Bertz CT molecular complexity index is 1800. The van der Waals surface area contributed by atoms with Gasteiger partial charge < -0.3 is 0 Å². The molecule has 4 N–H and O–H groups in total. The molecule has 250 valence electrons. The second-order valence-electron chi connectivity index (χ2n) is 11.6. The van der Waals surface area contributed by atoms with Gasteiger partial charge in [-0.25, -0.2) is 52.6 Å². The van der Waals surface area contributed by atoms with Crippen LogP contribution in [0, 0.1) is 0 Å². The second kappa shape index (κ2) is 14.2. The summed E-state index contributed by atoms with van der Waals surface area (Å²) >= 11 is 0. The van der Waals surface area contributed by atoms with E-state index in [1.165, 1.54) is 42.5 Å². The molecule has 2 fully saturated rings. The SMILES string of the molecule is O=S(=O)(N[C@@H]1CCCC[C@H]1NS(=O)(=O)c1cccc(S(=O)(=O)N[C@@H]2CCCC[C@H]2NS(=O)(=O)c2ccccc2)c1)c1ccccc1. The van der Waals surface area contributed by atoms with Crippen molar-refractivity contribution in [1.82, 2.24) is 18.9 Å². The van der Waals surface area contributed by atoms with Gasteiger partial charge >= 0.3 is 0 Å². The van der Waals surface area contributed by atoms with Gasteiger partial charge in [-0.05, 0) is 68.1 Å². The smallest absolute Gasteiger partial charge is 0.207 e. The van der Waals surface area contributed by atoms with E-state index < -0.39 is 64.3 Å². The van der Waals surface area contributed by atoms with E-state index in [0.717, 1.165) is 6.07 Å². The molecule has 0 aromatic heterocycles. The summed E-state index contributed by atoms with van der Waals surface area (Å²) in [4.78, 5) is -0.451. The van der Waals surface area contributed by atoms with Gasteiger partial charge in [0.1, 0.15) is 0 Å².